The molecule has 0 aromatic carbocycles. The molecule has 0 unspecified atom stereocenters. The summed E-state index contributed by atoms with van der Waals surface area (Å²) in [4.78, 5) is 28.5. The number of esters is 1. The molecule has 5 atom stereocenters. The highest BCUT2D eigenvalue weighted by Crippen LogP contribution is 2.58. The molecule has 1 aliphatic heterocycles. The quantitative estimate of drug-likeness (QED) is 0.733. The highest BCUT2D eigenvalue weighted by molar-refractivity contribution is 5.89. The van der Waals surface area contributed by atoms with E-state index < -0.39 is 0 Å². The molecular weight excluding hydrogens is 314 g/mol. The predicted molar refractivity (Wildman–Crippen MR) is 93.7 cm³/mol. The second kappa shape index (κ2) is 6.28. The maximum Gasteiger partial charge on any atom is 0.310 e. The van der Waals surface area contributed by atoms with Crippen LogP contribution in [0.4, 0.5) is 0 Å². The van der Waals surface area contributed by atoms with Crippen LogP contribution in [0.15, 0.2) is 0 Å². The van der Waals surface area contributed by atoms with Gasteiger partial charge < -0.3 is 9.64 Å². The van der Waals surface area contributed by atoms with Gasteiger partial charge >= 0.3 is 5.97 Å². The van der Waals surface area contributed by atoms with Crippen LogP contribution < -0.4 is 0 Å². The van der Waals surface area contributed by atoms with Crippen LogP contribution in [0.25, 0.3) is 0 Å². The maximum atomic E-state index is 13.8. The van der Waals surface area contributed by atoms with E-state index in [0.717, 1.165) is 12.8 Å². The van der Waals surface area contributed by atoms with Gasteiger partial charge in [0.25, 0.3) is 0 Å². The molecule has 4 saturated carbocycles. The van der Waals surface area contributed by atoms with Crippen LogP contribution in [0.5, 0.6) is 0 Å². The number of hydrogen-bond acceptors (Lipinski definition) is 3. The first-order valence-corrected chi connectivity index (χ1v) is 10.8. The molecule has 0 aromatic heterocycles. The summed E-state index contributed by atoms with van der Waals surface area (Å²) in [6.45, 7) is 0. The minimum absolute atomic E-state index is 0.0689. The molecule has 5 aliphatic rings. The number of carbonyl (C=O) groups is 2. The summed E-state index contributed by atoms with van der Waals surface area (Å²) in [6, 6.07) is 0.855. The Hall–Kier alpha value is -1.06. The zero-order valence-corrected chi connectivity index (χ0v) is 15.2. The largest absolute Gasteiger partial charge is 0.462 e. The molecule has 4 nitrogen and oxygen atoms in total. The Morgan fingerprint density at radius 1 is 0.880 bits per heavy atom. The molecule has 2 bridgehead atoms. The van der Waals surface area contributed by atoms with Crippen LogP contribution >= 0.6 is 0 Å². The average molecular weight is 345 g/mol. The fraction of sp³-hybridized carbons (Fsp3) is 0.905. The predicted octanol–water partition coefficient (Wildman–Crippen LogP) is 3.68. The number of carbonyl (C=O) groups excluding carboxylic acids is 2. The number of fused-ring (bicyclic) bond motifs is 1. The molecule has 1 heterocycles. The lowest BCUT2D eigenvalue weighted by Gasteiger charge is -2.44. The van der Waals surface area contributed by atoms with Crippen LogP contribution in [-0.2, 0) is 14.3 Å². The first kappa shape index (κ1) is 16.1. The molecular formula is C21H31NO3. The highest BCUT2D eigenvalue weighted by Gasteiger charge is 2.64. The van der Waals surface area contributed by atoms with E-state index in [-0.39, 0.29) is 23.9 Å². The van der Waals surface area contributed by atoms with Crippen LogP contribution in [0.1, 0.15) is 77.0 Å². The van der Waals surface area contributed by atoms with Crippen molar-refractivity contribution in [3.05, 3.63) is 0 Å². The first-order valence-electron chi connectivity index (χ1n) is 10.8. The van der Waals surface area contributed by atoms with Gasteiger partial charge in [0.05, 0.1) is 11.8 Å². The zero-order chi connectivity index (χ0) is 17.0. The van der Waals surface area contributed by atoms with Gasteiger partial charge in [-0.2, -0.15) is 0 Å². The van der Waals surface area contributed by atoms with Gasteiger partial charge in [-0.25, -0.2) is 0 Å². The highest BCUT2D eigenvalue weighted by atomic mass is 16.6. The lowest BCUT2D eigenvalue weighted by atomic mass is 9.78. The zero-order valence-electron chi connectivity index (χ0n) is 15.2. The fourth-order valence-electron chi connectivity index (χ4n) is 6.89. The van der Waals surface area contributed by atoms with Gasteiger partial charge in [0.2, 0.25) is 5.91 Å². The van der Waals surface area contributed by atoms with Gasteiger partial charge in [-0.05, 0) is 44.4 Å². The van der Waals surface area contributed by atoms with Crippen molar-refractivity contribution in [3.8, 4) is 0 Å². The molecule has 1 amide bonds. The third kappa shape index (κ3) is 2.54. The molecule has 25 heavy (non-hydrogen) atoms. The maximum absolute atomic E-state index is 13.8. The molecule has 0 N–H and O–H groups in total. The second-order valence-electron chi connectivity index (χ2n) is 9.25. The summed E-state index contributed by atoms with van der Waals surface area (Å²) in [6.07, 6.45) is 14.4. The van der Waals surface area contributed by atoms with Crippen molar-refractivity contribution in [3.63, 3.8) is 0 Å². The smallest absolute Gasteiger partial charge is 0.310 e. The third-order valence-electron chi connectivity index (χ3n) is 7.96. The van der Waals surface area contributed by atoms with Crippen molar-refractivity contribution in [2.45, 2.75) is 95.2 Å². The lowest BCUT2D eigenvalue weighted by Crippen LogP contribution is -2.53. The molecule has 0 aromatic rings. The second-order valence-corrected chi connectivity index (χ2v) is 9.25. The summed E-state index contributed by atoms with van der Waals surface area (Å²) >= 11 is 0. The van der Waals surface area contributed by atoms with Crippen molar-refractivity contribution in [1.29, 1.82) is 0 Å². The molecule has 1 saturated heterocycles. The van der Waals surface area contributed by atoms with Crippen molar-refractivity contribution in [2.24, 2.45) is 23.7 Å². The summed E-state index contributed by atoms with van der Waals surface area (Å²) in [5, 5.41) is 0. The van der Waals surface area contributed by atoms with Crippen molar-refractivity contribution < 1.29 is 14.3 Å². The van der Waals surface area contributed by atoms with E-state index in [0.29, 0.717) is 29.8 Å². The minimum Gasteiger partial charge on any atom is -0.462 e. The van der Waals surface area contributed by atoms with Crippen LogP contribution in [0.3, 0.4) is 0 Å². The van der Waals surface area contributed by atoms with E-state index in [2.05, 4.69) is 4.90 Å². The number of ether oxygens (including phenoxy) is 1. The molecule has 0 spiro atoms. The normalized spacial score (nSPS) is 41.1. The molecule has 5 fully saturated rings. The van der Waals surface area contributed by atoms with Gasteiger partial charge in [-0.3, -0.25) is 9.59 Å². The number of rotatable bonds is 3. The molecule has 4 heteroatoms. The molecule has 138 valence electrons. The number of nitrogens with zero attached hydrogens (tertiary/aromatic N) is 1. The Morgan fingerprint density at radius 2 is 1.48 bits per heavy atom. The van der Waals surface area contributed by atoms with Gasteiger partial charge in [-0.1, -0.05) is 38.5 Å². The van der Waals surface area contributed by atoms with Gasteiger partial charge in [0.15, 0.2) is 0 Å². The average Bonchev–Trinajstić information content (AvgIpc) is 3.26. The summed E-state index contributed by atoms with van der Waals surface area (Å²) in [5.41, 5.74) is 0. The lowest BCUT2D eigenvalue weighted by molar-refractivity contribution is -0.151. The van der Waals surface area contributed by atoms with E-state index in [1.54, 1.807) is 0 Å². The SMILES string of the molecule is O=C1O[C@@H]2C[C@H]3C[C@@H]2[C@@H]1[C@H]3C(=O)N(C1CCCCC1)C1CCCCC1. The number of amides is 1. The summed E-state index contributed by atoms with van der Waals surface area (Å²) in [7, 11) is 0. The van der Waals surface area contributed by atoms with E-state index in [9.17, 15) is 9.59 Å². The van der Waals surface area contributed by atoms with E-state index in [1.165, 1.54) is 64.2 Å². The van der Waals surface area contributed by atoms with E-state index >= 15 is 0 Å². The number of hydrogen-bond donors (Lipinski definition) is 0. The van der Waals surface area contributed by atoms with Crippen LogP contribution in [-0.4, -0.2) is 35.0 Å². The topological polar surface area (TPSA) is 46.6 Å². The van der Waals surface area contributed by atoms with Crippen molar-refractivity contribution in [1.82, 2.24) is 4.90 Å². The minimum atomic E-state index is -0.120. The van der Waals surface area contributed by atoms with E-state index in [4.69, 9.17) is 4.74 Å². The summed E-state index contributed by atoms with van der Waals surface area (Å²) < 4.78 is 5.58. The van der Waals surface area contributed by atoms with Crippen molar-refractivity contribution in [2.75, 3.05) is 0 Å². The standard InChI is InChI=1S/C21H31NO3/c23-20(18-13-11-16-17(12-13)25-21(24)19(16)18)22(14-7-3-1-4-8-14)15-9-5-2-6-10-15/h13-19H,1-12H2/t13-,16+,17-,18+,19-/m1/s1. The van der Waals surface area contributed by atoms with Gasteiger partial charge in [-0.15, -0.1) is 0 Å². The van der Waals surface area contributed by atoms with Crippen LogP contribution in [0.2, 0.25) is 0 Å². The van der Waals surface area contributed by atoms with Gasteiger partial charge in [0.1, 0.15) is 6.10 Å². The Balaban J connectivity index is 1.42. The molecule has 5 rings (SSSR count). The Morgan fingerprint density at radius 3 is 2.08 bits per heavy atom. The van der Waals surface area contributed by atoms with E-state index in [1.807, 2.05) is 0 Å². The Kier molecular flexibility index (Phi) is 4.05. The monoisotopic (exact) mass is 345 g/mol. The Labute approximate surface area is 150 Å². The molecule has 4 aliphatic carbocycles. The fourth-order valence-corrected chi connectivity index (χ4v) is 6.89. The van der Waals surface area contributed by atoms with Crippen LogP contribution in [0, 0.1) is 23.7 Å². The third-order valence-corrected chi connectivity index (χ3v) is 7.96. The first-order chi connectivity index (χ1) is 12.2. The van der Waals surface area contributed by atoms with Gasteiger partial charge in [0, 0.05) is 18.0 Å². The summed E-state index contributed by atoms with van der Waals surface area (Å²) in [5.74, 6) is 0.805. The Bertz CT molecular complexity index is 529. The van der Waals surface area contributed by atoms with Crippen molar-refractivity contribution >= 4 is 11.9 Å². The molecule has 0 radical (unpaired) electrons.